The molecule has 0 saturated carbocycles. The quantitative estimate of drug-likeness (QED) is 0.645. The van der Waals surface area contributed by atoms with Crippen molar-refractivity contribution >= 4 is 28.4 Å². The molecule has 1 N–H and O–H groups in total. The molecule has 0 aromatic carbocycles. The molecule has 5 rings (SSSR count). The van der Waals surface area contributed by atoms with E-state index in [1.54, 1.807) is 23.3 Å². The predicted molar refractivity (Wildman–Crippen MR) is 125 cm³/mol. The highest BCUT2D eigenvalue weighted by molar-refractivity contribution is 5.94. The highest BCUT2D eigenvalue weighted by atomic mass is 16.2. The smallest absolute Gasteiger partial charge is 0.236 e. The van der Waals surface area contributed by atoms with Crippen LogP contribution in [0, 0.1) is 5.92 Å². The van der Waals surface area contributed by atoms with Gasteiger partial charge >= 0.3 is 0 Å². The number of aryl methyl sites for hydroxylation is 1. The Hall–Kier alpha value is -3.33. The van der Waals surface area contributed by atoms with Gasteiger partial charge in [-0.05, 0) is 56.3 Å². The minimum Gasteiger partial charge on any atom is -0.342 e. The Balaban J connectivity index is 1.19. The van der Waals surface area contributed by atoms with Gasteiger partial charge in [-0.15, -0.1) is 0 Å². The van der Waals surface area contributed by atoms with Gasteiger partial charge in [0.2, 0.25) is 11.8 Å². The molecule has 2 saturated heterocycles. The van der Waals surface area contributed by atoms with Gasteiger partial charge in [-0.25, -0.2) is 4.98 Å². The van der Waals surface area contributed by atoms with Crippen LogP contribution in [0.2, 0.25) is 0 Å². The second-order valence-corrected chi connectivity index (χ2v) is 9.02. The van der Waals surface area contributed by atoms with E-state index in [1.165, 1.54) is 12.8 Å². The van der Waals surface area contributed by atoms with Crippen LogP contribution in [-0.4, -0.2) is 74.1 Å². The maximum atomic E-state index is 12.9. The van der Waals surface area contributed by atoms with Crippen LogP contribution < -0.4 is 5.32 Å². The van der Waals surface area contributed by atoms with Crippen molar-refractivity contribution in [3.63, 3.8) is 0 Å². The van der Waals surface area contributed by atoms with Gasteiger partial charge in [0.1, 0.15) is 5.82 Å². The van der Waals surface area contributed by atoms with Crippen LogP contribution in [0.4, 0.5) is 5.82 Å². The third-order valence-electron chi connectivity index (χ3n) is 6.63. The van der Waals surface area contributed by atoms with E-state index in [1.807, 2.05) is 30.3 Å². The van der Waals surface area contributed by atoms with Gasteiger partial charge in [0.15, 0.2) is 0 Å². The Morgan fingerprint density at radius 2 is 1.76 bits per heavy atom. The maximum absolute atomic E-state index is 12.9. The summed E-state index contributed by atoms with van der Waals surface area (Å²) in [6.45, 7) is 3.81. The van der Waals surface area contributed by atoms with Gasteiger partial charge in [0.05, 0.1) is 18.4 Å². The van der Waals surface area contributed by atoms with Crippen molar-refractivity contribution < 1.29 is 9.59 Å². The van der Waals surface area contributed by atoms with Gasteiger partial charge in [0.25, 0.3) is 0 Å². The maximum Gasteiger partial charge on any atom is 0.236 e. The standard InChI is InChI=1S/C24H29N7O2/c1-29-15-20(14-27-29)21-10-18-11-22(26-13-19(18)12-25-21)28-24(33)17-4-8-31(9-5-17)23(32)16-30-6-2-3-7-30/h10-15,17H,2-9,16H2,1H3,(H,26,28,33). The van der Waals surface area contributed by atoms with E-state index >= 15 is 0 Å². The normalized spacial score (nSPS) is 17.5. The zero-order chi connectivity index (χ0) is 22.8. The molecule has 2 amide bonds. The van der Waals surface area contributed by atoms with E-state index in [0.717, 1.165) is 35.1 Å². The molecule has 172 valence electrons. The number of anilines is 1. The number of nitrogens with zero attached hydrogens (tertiary/aromatic N) is 6. The zero-order valence-corrected chi connectivity index (χ0v) is 18.9. The highest BCUT2D eigenvalue weighted by Crippen LogP contribution is 2.24. The van der Waals surface area contributed by atoms with Gasteiger partial charge in [0, 0.05) is 55.6 Å². The van der Waals surface area contributed by atoms with Crippen LogP contribution in [0.15, 0.2) is 36.9 Å². The lowest BCUT2D eigenvalue weighted by atomic mass is 9.96. The summed E-state index contributed by atoms with van der Waals surface area (Å²) in [5.41, 5.74) is 1.76. The van der Waals surface area contributed by atoms with Crippen LogP contribution in [0.3, 0.4) is 0 Å². The number of piperidine rings is 1. The Kier molecular flexibility index (Phi) is 6.04. The lowest BCUT2D eigenvalue weighted by molar-refractivity contribution is -0.135. The first-order chi connectivity index (χ1) is 16.0. The van der Waals surface area contributed by atoms with Crippen molar-refractivity contribution in [2.45, 2.75) is 25.7 Å². The molecule has 9 nitrogen and oxygen atoms in total. The van der Waals surface area contributed by atoms with Crippen molar-refractivity contribution in [3.8, 4) is 11.3 Å². The molecule has 5 heterocycles. The molecule has 2 aliphatic rings. The fourth-order valence-corrected chi connectivity index (χ4v) is 4.67. The Labute approximate surface area is 192 Å². The monoisotopic (exact) mass is 447 g/mol. The SMILES string of the molecule is Cn1cc(-c2cc3cc(NC(=O)C4CCN(C(=O)CN5CCCC5)CC4)ncc3cn2)cn1. The molecule has 0 spiro atoms. The number of likely N-dealkylation sites (tertiary alicyclic amines) is 2. The number of nitrogens with one attached hydrogen (secondary N) is 1. The lowest BCUT2D eigenvalue weighted by Gasteiger charge is -2.32. The molecule has 0 unspecified atom stereocenters. The number of rotatable bonds is 5. The summed E-state index contributed by atoms with van der Waals surface area (Å²) in [6, 6.07) is 3.86. The fourth-order valence-electron chi connectivity index (χ4n) is 4.67. The van der Waals surface area contributed by atoms with Gasteiger partial charge in [-0.2, -0.15) is 5.10 Å². The van der Waals surface area contributed by atoms with Crippen molar-refractivity contribution in [1.29, 1.82) is 0 Å². The summed E-state index contributed by atoms with van der Waals surface area (Å²) >= 11 is 0. The molecule has 2 fully saturated rings. The Morgan fingerprint density at radius 1 is 1.00 bits per heavy atom. The van der Waals surface area contributed by atoms with Crippen LogP contribution in [0.25, 0.3) is 22.0 Å². The minimum absolute atomic E-state index is 0.0324. The van der Waals surface area contributed by atoms with Crippen molar-refractivity contribution in [2.75, 3.05) is 38.0 Å². The summed E-state index contributed by atoms with van der Waals surface area (Å²) in [5.74, 6) is 0.574. The minimum atomic E-state index is -0.110. The summed E-state index contributed by atoms with van der Waals surface area (Å²) in [6.07, 6.45) is 10.9. The van der Waals surface area contributed by atoms with Gasteiger partial charge < -0.3 is 10.2 Å². The van der Waals surface area contributed by atoms with E-state index < -0.39 is 0 Å². The molecule has 3 aromatic heterocycles. The molecule has 0 radical (unpaired) electrons. The van der Waals surface area contributed by atoms with Crippen LogP contribution in [0.1, 0.15) is 25.7 Å². The molecule has 9 heteroatoms. The van der Waals surface area contributed by atoms with Crippen LogP contribution in [-0.2, 0) is 16.6 Å². The average molecular weight is 448 g/mol. The Bertz CT molecular complexity index is 1160. The number of pyridine rings is 2. The molecule has 0 atom stereocenters. The molecular formula is C24H29N7O2. The third-order valence-corrected chi connectivity index (χ3v) is 6.63. The van der Waals surface area contributed by atoms with Crippen molar-refractivity contribution in [1.82, 2.24) is 29.5 Å². The highest BCUT2D eigenvalue weighted by Gasteiger charge is 2.28. The number of hydrogen-bond acceptors (Lipinski definition) is 6. The number of fused-ring (bicyclic) bond motifs is 1. The first-order valence-corrected chi connectivity index (χ1v) is 11.6. The van der Waals surface area contributed by atoms with E-state index in [-0.39, 0.29) is 17.7 Å². The number of aromatic nitrogens is 4. The summed E-state index contributed by atoms with van der Waals surface area (Å²) in [5, 5.41) is 9.04. The predicted octanol–water partition coefficient (Wildman–Crippen LogP) is 2.30. The largest absolute Gasteiger partial charge is 0.342 e. The second kappa shape index (κ2) is 9.27. The first kappa shape index (κ1) is 21.5. The van der Waals surface area contributed by atoms with Crippen LogP contribution >= 0.6 is 0 Å². The van der Waals surface area contributed by atoms with Crippen molar-refractivity contribution in [2.24, 2.45) is 13.0 Å². The van der Waals surface area contributed by atoms with E-state index in [0.29, 0.717) is 38.3 Å². The zero-order valence-electron chi connectivity index (χ0n) is 18.9. The van der Waals surface area contributed by atoms with Crippen LogP contribution in [0.5, 0.6) is 0 Å². The van der Waals surface area contributed by atoms with Gasteiger partial charge in [-0.3, -0.25) is 24.2 Å². The molecule has 33 heavy (non-hydrogen) atoms. The van der Waals surface area contributed by atoms with E-state index in [4.69, 9.17) is 0 Å². The topological polar surface area (TPSA) is 96.2 Å². The van der Waals surface area contributed by atoms with E-state index in [2.05, 4.69) is 25.3 Å². The summed E-state index contributed by atoms with van der Waals surface area (Å²) in [4.78, 5) is 38.4. The third kappa shape index (κ3) is 4.88. The number of carbonyl (C=O) groups is 2. The average Bonchev–Trinajstić information content (AvgIpc) is 3.50. The summed E-state index contributed by atoms with van der Waals surface area (Å²) in [7, 11) is 1.87. The van der Waals surface area contributed by atoms with Crippen molar-refractivity contribution in [3.05, 3.63) is 36.9 Å². The molecule has 0 aliphatic carbocycles. The molecule has 3 aromatic rings. The van der Waals surface area contributed by atoms with Gasteiger partial charge in [-0.1, -0.05) is 0 Å². The molecule has 2 aliphatic heterocycles. The lowest BCUT2D eigenvalue weighted by Crippen LogP contribution is -2.45. The molecular weight excluding hydrogens is 418 g/mol. The Morgan fingerprint density at radius 3 is 2.48 bits per heavy atom. The van der Waals surface area contributed by atoms with E-state index in [9.17, 15) is 9.59 Å². The number of amides is 2. The fraction of sp³-hybridized carbons (Fsp3) is 0.458. The molecule has 0 bridgehead atoms. The summed E-state index contributed by atoms with van der Waals surface area (Å²) < 4.78 is 1.74. The number of hydrogen-bond donors (Lipinski definition) is 1. The second-order valence-electron chi connectivity index (χ2n) is 9.02. The first-order valence-electron chi connectivity index (χ1n) is 11.6. The number of carbonyl (C=O) groups excluding carboxylic acids is 2.